The Balaban J connectivity index is 2.21. The maximum atomic E-state index is 4.62. The lowest BCUT2D eigenvalue weighted by Gasteiger charge is -2.06. The first-order chi connectivity index (χ1) is 9.17. The third-order valence-electron chi connectivity index (χ3n) is 3.44. The molecule has 0 saturated carbocycles. The van der Waals surface area contributed by atoms with Crippen molar-refractivity contribution in [2.75, 3.05) is 13.6 Å². The minimum absolute atomic E-state index is 0.681. The van der Waals surface area contributed by atoms with Crippen LogP contribution in [0.2, 0.25) is 0 Å². The summed E-state index contributed by atoms with van der Waals surface area (Å²) in [6, 6.07) is 0. The Morgan fingerprint density at radius 2 is 2.05 bits per heavy atom. The topological polar surface area (TPSA) is 60.6 Å². The van der Waals surface area contributed by atoms with Gasteiger partial charge in [-0.1, -0.05) is 0 Å². The summed E-state index contributed by atoms with van der Waals surface area (Å²) in [5, 5.41) is 12.0. The van der Waals surface area contributed by atoms with Gasteiger partial charge in [0.15, 0.2) is 0 Å². The Kier molecular flexibility index (Phi) is 4.31. The van der Waals surface area contributed by atoms with E-state index in [1.54, 1.807) is 6.33 Å². The second kappa shape index (κ2) is 5.97. The highest BCUT2D eigenvalue weighted by Crippen LogP contribution is 2.14. The van der Waals surface area contributed by atoms with Crippen LogP contribution in [0.4, 0.5) is 0 Å². The average Bonchev–Trinajstić information content (AvgIpc) is 2.94. The zero-order chi connectivity index (χ0) is 13.8. The fraction of sp³-hybridized carbons (Fsp3) is 0.615. The highest BCUT2D eigenvalue weighted by molar-refractivity contribution is 5.25. The number of aryl methyl sites for hydroxylation is 2. The van der Waals surface area contributed by atoms with Gasteiger partial charge in [0.25, 0.3) is 0 Å². The van der Waals surface area contributed by atoms with Crippen LogP contribution in [0, 0.1) is 13.8 Å². The highest BCUT2D eigenvalue weighted by Gasteiger charge is 2.13. The van der Waals surface area contributed by atoms with Crippen molar-refractivity contribution in [1.82, 2.24) is 29.9 Å². The minimum atomic E-state index is 0.681. The molecule has 0 spiro atoms. The molecule has 104 valence electrons. The molecule has 2 heterocycles. The molecule has 0 radical (unpaired) electrons. The van der Waals surface area contributed by atoms with Gasteiger partial charge in [0.2, 0.25) is 0 Å². The molecule has 1 N–H and O–H groups in total. The maximum Gasteiger partial charge on any atom is 0.148 e. The fourth-order valence-electron chi connectivity index (χ4n) is 2.31. The predicted octanol–water partition coefficient (Wildman–Crippen LogP) is 0.922. The Hall–Kier alpha value is -1.69. The SMILES string of the molecule is CCn1ncnc1Cn1nc(C)c(CCNC)c1C. The van der Waals surface area contributed by atoms with Crippen molar-refractivity contribution in [2.24, 2.45) is 0 Å². The van der Waals surface area contributed by atoms with Crippen LogP contribution in [-0.2, 0) is 19.5 Å². The summed E-state index contributed by atoms with van der Waals surface area (Å²) < 4.78 is 3.93. The second-order valence-electron chi connectivity index (χ2n) is 4.65. The Morgan fingerprint density at radius 1 is 1.26 bits per heavy atom. The molecule has 6 heteroatoms. The van der Waals surface area contributed by atoms with Gasteiger partial charge in [-0.25, -0.2) is 9.67 Å². The summed E-state index contributed by atoms with van der Waals surface area (Å²) in [4.78, 5) is 4.30. The zero-order valence-electron chi connectivity index (χ0n) is 12.1. The molecule has 0 bridgehead atoms. The van der Waals surface area contributed by atoms with Gasteiger partial charge in [-0.3, -0.25) is 4.68 Å². The van der Waals surface area contributed by atoms with Gasteiger partial charge in [-0.15, -0.1) is 0 Å². The minimum Gasteiger partial charge on any atom is -0.319 e. The standard InChI is InChI=1S/C13H22N6/c1-5-18-13(15-9-16-18)8-19-11(3)12(6-7-14-4)10(2)17-19/h9,14H,5-8H2,1-4H3. The summed E-state index contributed by atoms with van der Waals surface area (Å²) in [7, 11) is 1.97. The summed E-state index contributed by atoms with van der Waals surface area (Å²) >= 11 is 0. The molecule has 2 aromatic heterocycles. The van der Waals surface area contributed by atoms with Gasteiger partial charge < -0.3 is 5.32 Å². The van der Waals surface area contributed by atoms with Crippen LogP contribution in [0.3, 0.4) is 0 Å². The van der Waals surface area contributed by atoms with Crippen LogP contribution in [0.5, 0.6) is 0 Å². The molecule has 0 aromatic carbocycles. The molecule has 0 aliphatic heterocycles. The van der Waals surface area contributed by atoms with Crippen LogP contribution in [0.15, 0.2) is 6.33 Å². The van der Waals surface area contributed by atoms with Gasteiger partial charge in [0.1, 0.15) is 18.7 Å². The van der Waals surface area contributed by atoms with Crippen LogP contribution in [0.25, 0.3) is 0 Å². The number of aromatic nitrogens is 5. The Morgan fingerprint density at radius 3 is 2.74 bits per heavy atom. The molecular formula is C13H22N6. The van der Waals surface area contributed by atoms with E-state index in [9.17, 15) is 0 Å². The molecule has 0 aliphatic rings. The van der Waals surface area contributed by atoms with Crippen molar-refractivity contribution in [1.29, 1.82) is 0 Å². The molecule has 19 heavy (non-hydrogen) atoms. The number of hydrogen-bond acceptors (Lipinski definition) is 4. The lowest BCUT2D eigenvalue weighted by atomic mass is 10.1. The van der Waals surface area contributed by atoms with Crippen molar-refractivity contribution >= 4 is 0 Å². The van der Waals surface area contributed by atoms with E-state index >= 15 is 0 Å². The lowest BCUT2D eigenvalue weighted by Crippen LogP contribution is -2.13. The van der Waals surface area contributed by atoms with Gasteiger partial charge in [0.05, 0.1) is 5.69 Å². The first-order valence-corrected chi connectivity index (χ1v) is 6.71. The number of rotatable bonds is 6. The molecule has 0 saturated heterocycles. The lowest BCUT2D eigenvalue weighted by molar-refractivity contribution is 0.558. The van der Waals surface area contributed by atoms with E-state index in [1.165, 1.54) is 11.3 Å². The molecule has 0 unspecified atom stereocenters. The summed E-state index contributed by atoms with van der Waals surface area (Å²) in [5.74, 6) is 0.952. The molecule has 0 fully saturated rings. The fourth-order valence-corrected chi connectivity index (χ4v) is 2.31. The van der Waals surface area contributed by atoms with E-state index < -0.39 is 0 Å². The average molecular weight is 262 g/mol. The highest BCUT2D eigenvalue weighted by atomic mass is 15.4. The maximum absolute atomic E-state index is 4.62. The molecule has 2 aromatic rings. The van der Waals surface area contributed by atoms with Crippen LogP contribution in [0.1, 0.15) is 29.7 Å². The van der Waals surface area contributed by atoms with E-state index in [2.05, 4.69) is 41.3 Å². The van der Waals surface area contributed by atoms with Crippen LogP contribution in [-0.4, -0.2) is 38.1 Å². The summed E-state index contributed by atoms with van der Waals surface area (Å²) in [5.41, 5.74) is 3.66. The van der Waals surface area contributed by atoms with Gasteiger partial charge in [0, 0.05) is 12.2 Å². The predicted molar refractivity (Wildman–Crippen MR) is 74.1 cm³/mol. The van der Waals surface area contributed by atoms with Gasteiger partial charge in [-0.05, 0) is 46.3 Å². The molecule has 6 nitrogen and oxygen atoms in total. The molecule has 0 amide bonds. The summed E-state index contributed by atoms with van der Waals surface area (Å²) in [6.07, 6.45) is 2.61. The second-order valence-corrected chi connectivity index (χ2v) is 4.65. The largest absolute Gasteiger partial charge is 0.319 e. The summed E-state index contributed by atoms with van der Waals surface area (Å²) in [6.45, 7) is 8.74. The van der Waals surface area contributed by atoms with Crippen LogP contribution < -0.4 is 5.32 Å². The van der Waals surface area contributed by atoms with E-state index in [-0.39, 0.29) is 0 Å². The van der Waals surface area contributed by atoms with E-state index in [1.807, 2.05) is 16.4 Å². The molecule has 0 atom stereocenters. The normalized spacial score (nSPS) is 11.2. The zero-order valence-corrected chi connectivity index (χ0v) is 12.1. The van der Waals surface area contributed by atoms with Crippen LogP contribution >= 0.6 is 0 Å². The number of likely N-dealkylation sites (N-methyl/N-ethyl adjacent to an activating group) is 1. The number of hydrogen-bond donors (Lipinski definition) is 1. The third-order valence-corrected chi connectivity index (χ3v) is 3.44. The number of nitrogens with zero attached hydrogens (tertiary/aromatic N) is 5. The van der Waals surface area contributed by atoms with Gasteiger partial charge in [-0.2, -0.15) is 10.2 Å². The Bertz CT molecular complexity index is 539. The van der Waals surface area contributed by atoms with E-state index in [0.717, 1.165) is 31.0 Å². The van der Waals surface area contributed by atoms with Crippen molar-refractivity contribution in [3.63, 3.8) is 0 Å². The third kappa shape index (κ3) is 2.84. The smallest absolute Gasteiger partial charge is 0.148 e. The first-order valence-electron chi connectivity index (χ1n) is 6.71. The molecule has 2 rings (SSSR count). The van der Waals surface area contributed by atoms with Gasteiger partial charge >= 0.3 is 0 Å². The number of nitrogens with one attached hydrogen (secondary N) is 1. The van der Waals surface area contributed by atoms with Crippen molar-refractivity contribution in [3.05, 3.63) is 29.1 Å². The quantitative estimate of drug-likeness (QED) is 0.841. The molecule has 0 aliphatic carbocycles. The van der Waals surface area contributed by atoms with Crippen molar-refractivity contribution < 1.29 is 0 Å². The van der Waals surface area contributed by atoms with E-state index in [4.69, 9.17) is 0 Å². The first kappa shape index (κ1) is 13.7. The van der Waals surface area contributed by atoms with Crippen molar-refractivity contribution in [3.8, 4) is 0 Å². The van der Waals surface area contributed by atoms with Crippen molar-refractivity contribution in [2.45, 2.75) is 40.3 Å². The van der Waals surface area contributed by atoms with E-state index in [0.29, 0.717) is 6.54 Å². The molecular weight excluding hydrogens is 240 g/mol. The monoisotopic (exact) mass is 262 g/mol. The Labute approximate surface area is 113 Å².